The number of fused-ring (bicyclic) bond motifs is 2. The first-order valence-corrected chi connectivity index (χ1v) is 11.5. The molecule has 2 aromatic heterocycles. The molecule has 8 nitrogen and oxygen atoms in total. The minimum Gasteiger partial charge on any atom is -0.503 e. The Kier molecular flexibility index (Phi) is 5.08. The van der Waals surface area contributed by atoms with E-state index in [1.807, 2.05) is 37.2 Å². The minimum absolute atomic E-state index is 0.000936. The maximum atomic E-state index is 13.8. The Bertz CT molecular complexity index is 1700. The molecule has 0 saturated heterocycles. The predicted octanol–water partition coefficient (Wildman–Crippen LogP) is 5.30. The van der Waals surface area contributed by atoms with Gasteiger partial charge in [-0.3, -0.25) is 14.5 Å². The molecule has 0 radical (unpaired) electrons. The molecule has 0 bridgehead atoms. The van der Waals surface area contributed by atoms with Crippen molar-refractivity contribution in [2.24, 2.45) is 0 Å². The van der Waals surface area contributed by atoms with E-state index in [9.17, 15) is 19.1 Å². The van der Waals surface area contributed by atoms with Crippen molar-refractivity contribution in [3.8, 4) is 0 Å². The summed E-state index contributed by atoms with van der Waals surface area (Å²) in [5.41, 5.74) is 2.68. The van der Waals surface area contributed by atoms with Crippen LogP contribution in [0.2, 0.25) is 0 Å². The summed E-state index contributed by atoms with van der Waals surface area (Å²) in [4.78, 5) is 37.7. The van der Waals surface area contributed by atoms with E-state index in [1.165, 1.54) is 23.1 Å². The zero-order valence-electron chi connectivity index (χ0n) is 19.9. The summed E-state index contributed by atoms with van der Waals surface area (Å²) in [5, 5.41) is 11.7. The van der Waals surface area contributed by atoms with Crippen LogP contribution >= 0.6 is 0 Å². The SMILES string of the molecule is CN(C)c1ccc(C2C(C(=O)c3cc4ccccc4o3)=C(O)C(=O)N2c2nc3ccc(F)cc3[nH]2)cc1. The fourth-order valence-electron chi connectivity index (χ4n) is 4.63. The van der Waals surface area contributed by atoms with Gasteiger partial charge in [0, 0.05) is 25.2 Å². The molecule has 5 aromatic rings. The number of aliphatic hydroxyl groups excluding tert-OH is 1. The average Bonchev–Trinajstić information content (AvgIpc) is 3.57. The first kappa shape index (κ1) is 22.5. The van der Waals surface area contributed by atoms with Crippen LogP contribution < -0.4 is 9.80 Å². The lowest BCUT2D eigenvalue weighted by Gasteiger charge is -2.25. The van der Waals surface area contributed by atoms with Crippen molar-refractivity contribution in [1.29, 1.82) is 0 Å². The van der Waals surface area contributed by atoms with Crippen molar-refractivity contribution in [2.75, 3.05) is 23.9 Å². The quantitative estimate of drug-likeness (QED) is 0.320. The molecule has 0 fully saturated rings. The molecule has 9 heteroatoms. The standard InChI is InChI=1S/C28H21FN4O4/c1-32(2)18-10-7-15(8-11-18)24-23(25(34)22-13-16-5-3-4-6-21(16)37-22)26(35)27(36)33(24)28-30-19-12-9-17(29)14-20(19)31-28/h3-14,24,35H,1-2H3,(H,30,31). The molecule has 1 amide bonds. The van der Waals surface area contributed by atoms with Gasteiger partial charge in [-0.25, -0.2) is 9.37 Å². The number of hydrogen-bond acceptors (Lipinski definition) is 6. The summed E-state index contributed by atoms with van der Waals surface area (Å²) in [5.74, 6) is -2.51. The van der Waals surface area contributed by atoms with Crippen LogP contribution in [0.1, 0.15) is 22.2 Å². The van der Waals surface area contributed by atoms with Crippen LogP contribution in [0, 0.1) is 5.82 Å². The smallest absolute Gasteiger partial charge is 0.296 e. The number of amides is 1. The Morgan fingerprint density at radius 3 is 2.57 bits per heavy atom. The largest absolute Gasteiger partial charge is 0.503 e. The predicted molar refractivity (Wildman–Crippen MR) is 137 cm³/mol. The third kappa shape index (κ3) is 3.63. The van der Waals surface area contributed by atoms with Crippen molar-refractivity contribution in [1.82, 2.24) is 9.97 Å². The molecular weight excluding hydrogens is 475 g/mol. The van der Waals surface area contributed by atoms with E-state index < -0.39 is 29.3 Å². The molecule has 6 rings (SSSR count). The summed E-state index contributed by atoms with van der Waals surface area (Å²) in [6.07, 6.45) is 0. The average molecular weight is 496 g/mol. The summed E-state index contributed by atoms with van der Waals surface area (Å²) < 4.78 is 19.6. The summed E-state index contributed by atoms with van der Waals surface area (Å²) in [6.45, 7) is 0. The van der Waals surface area contributed by atoms with E-state index in [0.717, 1.165) is 11.1 Å². The molecule has 1 unspecified atom stereocenters. The third-order valence-electron chi connectivity index (χ3n) is 6.49. The zero-order valence-corrected chi connectivity index (χ0v) is 19.9. The first-order chi connectivity index (χ1) is 17.8. The van der Waals surface area contributed by atoms with E-state index in [0.29, 0.717) is 22.2 Å². The van der Waals surface area contributed by atoms with Crippen LogP contribution in [-0.4, -0.2) is 40.9 Å². The number of hydrogen-bond donors (Lipinski definition) is 2. The molecule has 3 aromatic carbocycles. The highest BCUT2D eigenvalue weighted by molar-refractivity contribution is 6.20. The highest BCUT2D eigenvalue weighted by Crippen LogP contribution is 2.42. The fraction of sp³-hybridized carbons (Fsp3) is 0.107. The number of imidazole rings is 1. The van der Waals surface area contributed by atoms with Gasteiger partial charge in [0.15, 0.2) is 11.5 Å². The van der Waals surface area contributed by atoms with Crippen molar-refractivity contribution in [2.45, 2.75) is 6.04 Å². The zero-order chi connectivity index (χ0) is 25.8. The van der Waals surface area contributed by atoms with Crippen LogP contribution in [0.3, 0.4) is 0 Å². The molecular formula is C28H21FN4O4. The third-order valence-corrected chi connectivity index (χ3v) is 6.49. The Labute approximate surface area is 210 Å². The molecule has 184 valence electrons. The Hall–Kier alpha value is -4.92. The Morgan fingerprint density at radius 2 is 1.84 bits per heavy atom. The van der Waals surface area contributed by atoms with Gasteiger partial charge in [0.05, 0.1) is 22.6 Å². The number of aromatic amines is 1. The fourth-order valence-corrected chi connectivity index (χ4v) is 4.63. The van der Waals surface area contributed by atoms with Gasteiger partial charge in [0.1, 0.15) is 11.4 Å². The second-order valence-electron chi connectivity index (χ2n) is 9.03. The van der Waals surface area contributed by atoms with Crippen LogP contribution in [0.15, 0.2) is 88.5 Å². The number of ketones is 1. The second kappa shape index (κ2) is 8.34. The van der Waals surface area contributed by atoms with Crippen LogP contribution in [0.25, 0.3) is 22.0 Å². The van der Waals surface area contributed by atoms with Crippen molar-refractivity contribution >= 4 is 45.3 Å². The molecule has 1 aliphatic heterocycles. The highest BCUT2D eigenvalue weighted by Gasteiger charge is 2.46. The number of nitrogens with one attached hydrogen (secondary N) is 1. The van der Waals surface area contributed by atoms with Gasteiger partial charge in [0.2, 0.25) is 11.7 Å². The number of halogens is 1. The lowest BCUT2D eigenvalue weighted by Crippen LogP contribution is -2.32. The number of rotatable bonds is 5. The lowest BCUT2D eigenvalue weighted by atomic mass is 9.95. The first-order valence-electron chi connectivity index (χ1n) is 11.5. The lowest BCUT2D eigenvalue weighted by molar-refractivity contribution is -0.117. The van der Waals surface area contributed by atoms with Crippen LogP contribution in [0.4, 0.5) is 16.0 Å². The number of para-hydroxylation sites is 1. The maximum absolute atomic E-state index is 13.8. The van der Waals surface area contributed by atoms with Gasteiger partial charge < -0.3 is 19.4 Å². The Balaban J connectivity index is 1.50. The van der Waals surface area contributed by atoms with Crippen molar-refractivity contribution in [3.63, 3.8) is 0 Å². The topological polar surface area (TPSA) is 103 Å². The number of anilines is 2. The highest BCUT2D eigenvalue weighted by atomic mass is 19.1. The molecule has 1 atom stereocenters. The van der Waals surface area contributed by atoms with Gasteiger partial charge in [0.25, 0.3) is 5.91 Å². The van der Waals surface area contributed by atoms with Gasteiger partial charge in [-0.1, -0.05) is 30.3 Å². The van der Waals surface area contributed by atoms with Crippen molar-refractivity contribution in [3.05, 3.63) is 101 Å². The van der Waals surface area contributed by atoms with Crippen LogP contribution in [-0.2, 0) is 4.79 Å². The number of aromatic nitrogens is 2. The monoisotopic (exact) mass is 496 g/mol. The van der Waals surface area contributed by atoms with Gasteiger partial charge in [-0.15, -0.1) is 0 Å². The molecule has 2 N–H and O–H groups in total. The number of carbonyl (C=O) groups excluding carboxylic acids is 2. The molecule has 3 heterocycles. The second-order valence-corrected chi connectivity index (χ2v) is 9.03. The summed E-state index contributed by atoms with van der Waals surface area (Å²) in [6, 6.07) is 19.0. The number of aliphatic hydroxyl groups is 1. The molecule has 37 heavy (non-hydrogen) atoms. The molecule has 1 aliphatic rings. The normalized spacial score (nSPS) is 15.8. The van der Waals surface area contributed by atoms with Gasteiger partial charge in [-0.2, -0.15) is 0 Å². The molecule has 0 saturated carbocycles. The summed E-state index contributed by atoms with van der Waals surface area (Å²) >= 11 is 0. The van der Waals surface area contributed by atoms with Crippen LogP contribution in [0.5, 0.6) is 0 Å². The maximum Gasteiger partial charge on any atom is 0.296 e. The van der Waals surface area contributed by atoms with E-state index in [-0.39, 0.29) is 17.3 Å². The van der Waals surface area contributed by atoms with Crippen molar-refractivity contribution < 1.29 is 23.5 Å². The van der Waals surface area contributed by atoms with Gasteiger partial charge >= 0.3 is 0 Å². The number of carbonyl (C=O) groups is 2. The number of nitrogens with zero attached hydrogens (tertiary/aromatic N) is 3. The minimum atomic E-state index is -1.00. The van der Waals surface area contributed by atoms with Gasteiger partial charge in [-0.05, 0) is 48.0 Å². The number of Topliss-reactive ketones (excluding diaryl/α,β-unsaturated/α-hetero) is 1. The summed E-state index contributed by atoms with van der Waals surface area (Å²) in [7, 11) is 3.80. The van der Waals surface area contributed by atoms with E-state index in [2.05, 4.69) is 9.97 Å². The number of benzene rings is 3. The Morgan fingerprint density at radius 1 is 1.08 bits per heavy atom. The van der Waals surface area contributed by atoms with E-state index in [1.54, 1.807) is 36.4 Å². The number of H-pyrrole nitrogens is 1. The number of furan rings is 1. The molecule has 0 aliphatic carbocycles. The van der Waals surface area contributed by atoms with E-state index in [4.69, 9.17) is 4.42 Å². The van der Waals surface area contributed by atoms with E-state index >= 15 is 0 Å². The molecule has 0 spiro atoms.